The highest BCUT2D eigenvalue weighted by molar-refractivity contribution is 6.34. The summed E-state index contributed by atoms with van der Waals surface area (Å²) < 4.78 is 0. The van der Waals surface area contributed by atoms with Crippen molar-refractivity contribution in [1.82, 2.24) is 4.90 Å². The van der Waals surface area contributed by atoms with Gasteiger partial charge < -0.3 is 16.0 Å². The standard InChI is InChI=1S/C16H22ClN3O2/c1-20(2)14(21)12-10-11(6-7-13(12)17)19-15(22)16(18)8-4-3-5-9-16/h6-7,10H,3-5,8-9,18H2,1-2H3,(H,19,22). The Morgan fingerprint density at radius 3 is 2.45 bits per heavy atom. The quantitative estimate of drug-likeness (QED) is 0.898. The smallest absolute Gasteiger partial charge is 0.254 e. The number of rotatable bonds is 3. The molecule has 0 atom stereocenters. The first-order chi connectivity index (χ1) is 10.3. The molecule has 1 saturated carbocycles. The zero-order chi connectivity index (χ0) is 16.3. The number of nitrogens with one attached hydrogen (secondary N) is 1. The number of hydrogen-bond donors (Lipinski definition) is 2. The monoisotopic (exact) mass is 323 g/mol. The van der Waals surface area contributed by atoms with Crippen molar-refractivity contribution in [2.75, 3.05) is 19.4 Å². The maximum absolute atomic E-state index is 12.4. The van der Waals surface area contributed by atoms with Crippen molar-refractivity contribution in [3.63, 3.8) is 0 Å². The van der Waals surface area contributed by atoms with E-state index < -0.39 is 5.54 Å². The van der Waals surface area contributed by atoms with E-state index >= 15 is 0 Å². The highest BCUT2D eigenvalue weighted by atomic mass is 35.5. The van der Waals surface area contributed by atoms with Gasteiger partial charge in [-0.15, -0.1) is 0 Å². The van der Waals surface area contributed by atoms with Gasteiger partial charge in [0.1, 0.15) is 0 Å². The van der Waals surface area contributed by atoms with Crippen LogP contribution in [0.25, 0.3) is 0 Å². The van der Waals surface area contributed by atoms with Crippen molar-refractivity contribution in [1.29, 1.82) is 0 Å². The zero-order valence-corrected chi connectivity index (χ0v) is 13.7. The number of hydrogen-bond acceptors (Lipinski definition) is 3. The summed E-state index contributed by atoms with van der Waals surface area (Å²) in [5.74, 6) is -0.404. The van der Waals surface area contributed by atoms with E-state index in [9.17, 15) is 9.59 Å². The molecule has 0 bridgehead atoms. The van der Waals surface area contributed by atoms with Crippen molar-refractivity contribution < 1.29 is 9.59 Å². The molecule has 120 valence electrons. The third-order valence-corrected chi connectivity index (χ3v) is 4.39. The molecule has 0 aromatic heterocycles. The number of nitrogens with two attached hydrogens (primary N) is 1. The van der Waals surface area contributed by atoms with Gasteiger partial charge in [-0.3, -0.25) is 9.59 Å². The van der Waals surface area contributed by atoms with E-state index in [4.69, 9.17) is 17.3 Å². The number of carbonyl (C=O) groups excluding carboxylic acids is 2. The molecule has 0 heterocycles. The van der Waals surface area contributed by atoms with Crippen LogP contribution in [0, 0.1) is 0 Å². The van der Waals surface area contributed by atoms with Crippen LogP contribution < -0.4 is 11.1 Å². The Balaban J connectivity index is 2.18. The van der Waals surface area contributed by atoms with Crippen molar-refractivity contribution in [3.8, 4) is 0 Å². The lowest BCUT2D eigenvalue weighted by Gasteiger charge is -2.31. The van der Waals surface area contributed by atoms with Gasteiger partial charge in [0, 0.05) is 19.8 Å². The molecule has 6 heteroatoms. The van der Waals surface area contributed by atoms with Gasteiger partial charge in [-0.25, -0.2) is 0 Å². The van der Waals surface area contributed by atoms with Crippen LogP contribution in [-0.4, -0.2) is 36.3 Å². The van der Waals surface area contributed by atoms with Crippen molar-refractivity contribution in [2.24, 2.45) is 5.73 Å². The SMILES string of the molecule is CN(C)C(=O)c1cc(NC(=O)C2(N)CCCCC2)ccc1Cl. The van der Waals surface area contributed by atoms with Gasteiger partial charge in [-0.2, -0.15) is 0 Å². The number of halogens is 1. The Bertz CT molecular complexity index is 581. The molecule has 0 radical (unpaired) electrons. The molecule has 2 amide bonds. The van der Waals surface area contributed by atoms with Crippen LogP contribution >= 0.6 is 11.6 Å². The minimum atomic E-state index is -0.816. The minimum absolute atomic E-state index is 0.197. The van der Waals surface area contributed by atoms with E-state index in [-0.39, 0.29) is 11.8 Å². The molecule has 1 aromatic carbocycles. The lowest BCUT2D eigenvalue weighted by atomic mass is 9.82. The highest BCUT2D eigenvalue weighted by Gasteiger charge is 2.35. The molecule has 0 saturated heterocycles. The number of amides is 2. The molecular weight excluding hydrogens is 302 g/mol. The summed E-state index contributed by atoms with van der Waals surface area (Å²) in [5, 5.41) is 3.18. The largest absolute Gasteiger partial charge is 0.345 e. The second kappa shape index (κ2) is 6.67. The fourth-order valence-electron chi connectivity index (χ4n) is 2.67. The summed E-state index contributed by atoms with van der Waals surface area (Å²) in [6.07, 6.45) is 4.43. The third-order valence-electron chi connectivity index (χ3n) is 4.06. The number of carbonyl (C=O) groups is 2. The minimum Gasteiger partial charge on any atom is -0.345 e. The molecule has 5 nitrogen and oxygen atoms in total. The molecule has 1 aliphatic carbocycles. The number of anilines is 1. The second-order valence-electron chi connectivity index (χ2n) is 6.07. The second-order valence-corrected chi connectivity index (χ2v) is 6.47. The topological polar surface area (TPSA) is 75.4 Å². The maximum Gasteiger partial charge on any atom is 0.254 e. The van der Waals surface area contributed by atoms with Crippen LogP contribution in [-0.2, 0) is 4.79 Å². The van der Waals surface area contributed by atoms with Crippen LogP contribution in [0.15, 0.2) is 18.2 Å². The van der Waals surface area contributed by atoms with Gasteiger partial charge in [0.25, 0.3) is 5.91 Å². The number of nitrogens with zero attached hydrogens (tertiary/aromatic N) is 1. The van der Waals surface area contributed by atoms with Crippen LogP contribution in [0.5, 0.6) is 0 Å². The summed E-state index contributed by atoms with van der Waals surface area (Å²) in [6.45, 7) is 0. The Hall–Kier alpha value is -1.59. The van der Waals surface area contributed by atoms with Gasteiger partial charge in [0.15, 0.2) is 0 Å². The maximum atomic E-state index is 12.4. The molecule has 1 aromatic rings. The predicted molar refractivity (Wildman–Crippen MR) is 88.1 cm³/mol. The summed E-state index contributed by atoms with van der Waals surface area (Å²) >= 11 is 6.06. The fraction of sp³-hybridized carbons (Fsp3) is 0.500. The Kier molecular flexibility index (Phi) is 5.08. The van der Waals surface area contributed by atoms with E-state index in [2.05, 4.69) is 5.32 Å². The predicted octanol–water partition coefficient (Wildman–Crippen LogP) is 2.64. The molecule has 0 unspecified atom stereocenters. The summed E-state index contributed by atoms with van der Waals surface area (Å²) in [7, 11) is 3.31. The number of benzene rings is 1. The summed E-state index contributed by atoms with van der Waals surface area (Å²) in [4.78, 5) is 25.9. The molecule has 0 spiro atoms. The molecule has 1 aliphatic rings. The molecular formula is C16H22ClN3O2. The van der Waals surface area contributed by atoms with Crippen LogP contribution in [0.2, 0.25) is 5.02 Å². The molecule has 3 N–H and O–H groups in total. The van der Waals surface area contributed by atoms with Gasteiger partial charge in [0.05, 0.1) is 16.1 Å². The van der Waals surface area contributed by atoms with Crippen LogP contribution in [0.3, 0.4) is 0 Å². The van der Waals surface area contributed by atoms with E-state index in [1.807, 2.05) is 0 Å². The van der Waals surface area contributed by atoms with Gasteiger partial charge in [-0.1, -0.05) is 30.9 Å². The van der Waals surface area contributed by atoms with Gasteiger partial charge in [0.2, 0.25) is 5.91 Å². The third kappa shape index (κ3) is 3.59. The van der Waals surface area contributed by atoms with Crippen molar-refractivity contribution in [2.45, 2.75) is 37.6 Å². The normalized spacial score (nSPS) is 16.9. The van der Waals surface area contributed by atoms with E-state index in [1.54, 1.807) is 32.3 Å². The van der Waals surface area contributed by atoms with Crippen molar-refractivity contribution >= 4 is 29.1 Å². The lowest BCUT2D eigenvalue weighted by molar-refractivity contribution is -0.122. The lowest BCUT2D eigenvalue weighted by Crippen LogP contribution is -2.52. The summed E-state index contributed by atoms with van der Waals surface area (Å²) in [6, 6.07) is 4.88. The van der Waals surface area contributed by atoms with Gasteiger partial charge in [-0.05, 0) is 31.0 Å². The fourth-order valence-corrected chi connectivity index (χ4v) is 2.87. The zero-order valence-electron chi connectivity index (χ0n) is 13.0. The molecule has 0 aliphatic heterocycles. The van der Waals surface area contributed by atoms with E-state index in [1.165, 1.54) is 4.90 Å². The Labute approximate surface area is 135 Å². The Morgan fingerprint density at radius 2 is 1.86 bits per heavy atom. The van der Waals surface area contributed by atoms with Crippen LogP contribution in [0.4, 0.5) is 5.69 Å². The average molecular weight is 324 g/mol. The first-order valence-corrected chi connectivity index (χ1v) is 7.83. The highest BCUT2D eigenvalue weighted by Crippen LogP contribution is 2.28. The molecule has 2 rings (SSSR count). The first kappa shape index (κ1) is 16.8. The molecule has 22 heavy (non-hydrogen) atoms. The van der Waals surface area contributed by atoms with E-state index in [0.29, 0.717) is 29.1 Å². The molecule has 1 fully saturated rings. The first-order valence-electron chi connectivity index (χ1n) is 7.45. The van der Waals surface area contributed by atoms with E-state index in [0.717, 1.165) is 19.3 Å². The summed E-state index contributed by atoms with van der Waals surface area (Å²) in [5.41, 5.74) is 6.29. The van der Waals surface area contributed by atoms with Gasteiger partial charge >= 0.3 is 0 Å². The Morgan fingerprint density at radius 1 is 1.23 bits per heavy atom. The average Bonchev–Trinajstić information content (AvgIpc) is 2.49. The van der Waals surface area contributed by atoms with Crippen molar-refractivity contribution in [3.05, 3.63) is 28.8 Å². The van der Waals surface area contributed by atoms with Crippen LogP contribution in [0.1, 0.15) is 42.5 Å².